The van der Waals surface area contributed by atoms with Crippen LogP contribution in [0.5, 0.6) is 23.0 Å². The van der Waals surface area contributed by atoms with Crippen molar-refractivity contribution >= 4 is 57.2 Å². The zero-order chi connectivity index (χ0) is 60.8. The van der Waals surface area contributed by atoms with Gasteiger partial charge in [-0.15, -0.1) is 0 Å². The molecule has 0 unspecified atom stereocenters. The van der Waals surface area contributed by atoms with Gasteiger partial charge in [-0.25, -0.2) is 43.5 Å². The molecule has 2 aliphatic rings. The Hall–Kier alpha value is -10.7. The third-order valence-electron chi connectivity index (χ3n) is 14.3. The molecule has 0 aliphatic carbocycles. The van der Waals surface area contributed by atoms with Crippen LogP contribution in [-0.2, 0) is 19.1 Å². The molecule has 0 radical (unpaired) electrons. The van der Waals surface area contributed by atoms with Crippen LogP contribution in [0.3, 0.4) is 0 Å². The summed E-state index contributed by atoms with van der Waals surface area (Å²) >= 11 is 0. The van der Waals surface area contributed by atoms with Crippen molar-refractivity contribution in [1.82, 2.24) is 48.0 Å². The van der Waals surface area contributed by atoms with E-state index in [1.54, 1.807) is 103 Å². The molecule has 4 aromatic heterocycles. The van der Waals surface area contributed by atoms with Crippen molar-refractivity contribution in [2.45, 2.75) is 24.9 Å². The first-order valence-electron chi connectivity index (χ1n) is 27.8. The molecule has 0 spiro atoms. The zero-order valence-corrected chi connectivity index (χ0v) is 47.7. The molecule has 2 fully saturated rings. The van der Waals surface area contributed by atoms with Gasteiger partial charge >= 0.3 is 17.3 Å². The van der Waals surface area contributed by atoms with Gasteiger partial charge in [0.25, 0.3) is 0 Å². The van der Waals surface area contributed by atoms with E-state index in [9.17, 15) is 19.2 Å². The maximum atomic E-state index is 13.9. The fourth-order valence-corrected chi connectivity index (χ4v) is 9.87. The second-order valence-corrected chi connectivity index (χ2v) is 20.3. The number of nitrogen functional groups attached to an aromatic ring is 3. The molecule has 23 heteroatoms. The quantitative estimate of drug-likeness (QED) is 0.0426. The van der Waals surface area contributed by atoms with Crippen LogP contribution in [0.4, 0.5) is 23.0 Å². The van der Waals surface area contributed by atoms with Gasteiger partial charge in [0.15, 0.2) is 22.9 Å². The number of nitrogens with zero attached hydrogens (tertiary/aromatic N) is 10. The van der Waals surface area contributed by atoms with Gasteiger partial charge in [-0.1, -0.05) is 60.7 Å². The number of benzene rings is 6. The summed E-state index contributed by atoms with van der Waals surface area (Å²) in [5.74, 6) is 1.89. The van der Waals surface area contributed by atoms with Crippen molar-refractivity contribution in [2.75, 3.05) is 76.1 Å². The molecule has 6 heterocycles. The number of carboxylic acid groups (broad SMARTS) is 1. The fourth-order valence-electron chi connectivity index (χ4n) is 9.87. The molecule has 0 saturated carbocycles. The molecule has 6 aromatic carbocycles. The van der Waals surface area contributed by atoms with Crippen molar-refractivity contribution in [2.24, 2.45) is 0 Å². The Morgan fingerprint density at radius 1 is 0.563 bits per heavy atom. The normalized spacial score (nSPS) is 14.8. The summed E-state index contributed by atoms with van der Waals surface area (Å²) in [6.45, 7) is 4.36. The lowest BCUT2D eigenvalue weighted by Crippen LogP contribution is -2.32. The molecule has 12 rings (SSSR count). The van der Waals surface area contributed by atoms with Crippen LogP contribution < -0.4 is 43.4 Å². The Kier molecular flexibility index (Phi) is 19.0. The number of aliphatic carboxylic acids is 1. The zero-order valence-electron chi connectivity index (χ0n) is 47.7. The number of imidazole rings is 2. The number of carbonyl (C=O) groups is 2. The highest BCUT2D eigenvalue weighted by Gasteiger charge is 2.24. The van der Waals surface area contributed by atoms with Gasteiger partial charge < -0.3 is 46.6 Å². The van der Waals surface area contributed by atoms with E-state index in [-0.39, 0.29) is 28.9 Å². The highest BCUT2D eigenvalue weighted by molar-refractivity contribution is 5.99. The summed E-state index contributed by atoms with van der Waals surface area (Å²) in [6.07, 6.45) is 10.8. The Balaban J connectivity index is 0.000000165. The number of carboxylic acids is 1. The number of anilines is 4. The van der Waals surface area contributed by atoms with Crippen molar-refractivity contribution in [3.63, 3.8) is 0 Å². The number of hydrogen-bond acceptors (Lipinski definition) is 17. The molecule has 2 saturated heterocycles. The summed E-state index contributed by atoms with van der Waals surface area (Å²) in [6, 6.07) is 48.0. The predicted octanol–water partition coefficient (Wildman–Crippen LogP) is 8.04. The number of para-hydroxylation sites is 2. The SMILES string of the molecule is CN(C/C=C/C(=O)Nc1cccc(-n2c(=O)n(-c3ccc(Oc4ccccc4)cc3)c3c(N)ncnc32)c1)[C@H]1CCOC1.CN(C/C=C/C(=O)O)[C@H]1CCOC1.Nc1cccc(-n2c(=O)n(-c3ccc(Oc4ccccc4)cc3)c3c(N)ncnc32)c1. The van der Waals surface area contributed by atoms with E-state index in [0.29, 0.717) is 105 Å². The number of rotatable bonds is 17. The fraction of sp³-hybridized carbons (Fsp3) is 0.188. The number of carbonyl (C=O) groups excluding carboxylic acids is 1. The van der Waals surface area contributed by atoms with Gasteiger partial charge in [-0.3, -0.25) is 23.7 Å². The maximum Gasteiger partial charge on any atom is 0.339 e. The number of aromatic nitrogens is 8. The van der Waals surface area contributed by atoms with Crippen LogP contribution in [0.15, 0.2) is 204 Å². The van der Waals surface area contributed by atoms with Crippen LogP contribution in [0.2, 0.25) is 0 Å². The Labute approximate surface area is 499 Å². The molecule has 2 atom stereocenters. The average molecular weight is 1170 g/mol. The molecule has 10 aromatic rings. The minimum Gasteiger partial charge on any atom is -0.478 e. The molecular formula is C64H64N14O9. The molecule has 444 valence electrons. The lowest BCUT2D eigenvalue weighted by atomic mass is 10.2. The summed E-state index contributed by atoms with van der Waals surface area (Å²) in [7, 11) is 3.99. The molecule has 87 heavy (non-hydrogen) atoms. The first kappa shape index (κ1) is 59.4. The molecule has 1 amide bonds. The van der Waals surface area contributed by atoms with Crippen LogP contribution in [-0.4, -0.2) is 131 Å². The summed E-state index contributed by atoms with van der Waals surface area (Å²) < 4.78 is 28.3. The number of likely N-dealkylation sites (N-methyl/N-ethyl adjacent to an activating group) is 2. The lowest BCUT2D eigenvalue weighted by molar-refractivity contribution is -0.131. The van der Waals surface area contributed by atoms with E-state index < -0.39 is 5.97 Å². The molecule has 23 nitrogen and oxygen atoms in total. The van der Waals surface area contributed by atoms with E-state index in [4.69, 9.17) is 41.3 Å². The number of ether oxygens (including phenoxy) is 4. The van der Waals surface area contributed by atoms with Gasteiger partial charge in [0.05, 0.1) is 36.0 Å². The third-order valence-corrected chi connectivity index (χ3v) is 14.3. The Morgan fingerprint density at radius 2 is 1.01 bits per heavy atom. The Morgan fingerprint density at radius 3 is 1.46 bits per heavy atom. The van der Waals surface area contributed by atoms with E-state index >= 15 is 0 Å². The second-order valence-electron chi connectivity index (χ2n) is 20.3. The van der Waals surface area contributed by atoms with E-state index in [2.05, 4.69) is 35.1 Å². The van der Waals surface area contributed by atoms with Crippen LogP contribution in [0, 0.1) is 0 Å². The van der Waals surface area contributed by atoms with Gasteiger partial charge in [-0.2, -0.15) is 0 Å². The summed E-state index contributed by atoms with van der Waals surface area (Å²) in [4.78, 5) is 71.4. The van der Waals surface area contributed by atoms with E-state index in [1.165, 1.54) is 43.1 Å². The molecular weight excluding hydrogens is 1110 g/mol. The van der Waals surface area contributed by atoms with Gasteiger partial charge in [0.1, 0.15) is 46.7 Å². The monoisotopic (exact) mass is 1170 g/mol. The smallest absolute Gasteiger partial charge is 0.339 e. The first-order valence-corrected chi connectivity index (χ1v) is 27.8. The minimum atomic E-state index is -0.893. The van der Waals surface area contributed by atoms with Crippen LogP contribution >= 0.6 is 0 Å². The second kappa shape index (κ2) is 27.8. The van der Waals surface area contributed by atoms with Gasteiger partial charge in [0, 0.05) is 61.9 Å². The highest BCUT2D eigenvalue weighted by atomic mass is 16.5. The minimum absolute atomic E-state index is 0.161. The van der Waals surface area contributed by atoms with Crippen molar-refractivity contribution in [3.05, 3.63) is 216 Å². The standard InChI is InChI=1S/C32H31N7O4.C23H18N6O2.C9H15NO3/c1-37(25-16-18-42-20-25)17-6-11-28(40)36-22-7-5-8-24(19-22)39-31-29(30(33)34-21-35-31)38(32(39)41)23-12-14-27(15-13-23)43-26-9-3-2-4-10-26;24-15-5-4-6-17(13-15)29-22-20(21(25)26-14-27-22)28(23(29)30)16-9-11-19(12-10-16)31-18-7-2-1-3-8-18;1-10(5-2-3-9(11)12)8-4-6-13-7-8/h2-15,19,21,25H,16-18,20H2,1H3,(H,36,40)(H2,33,34,35);1-14H,24H2,(H2,25,26,27);2-3,8H,4-7H2,1H3,(H,11,12)/b11-6+;;3-2+/t25-;;8-/m0.0/s1. The van der Waals surface area contributed by atoms with E-state index in [0.717, 1.165) is 38.4 Å². The van der Waals surface area contributed by atoms with Gasteiger partial charge in [-0.05, 0) is 136 Å². The average Bonchev–Trinajstić information content (AvgIpc) is 1.70. The number of nitrogens with two attached hydrogens (primary N) is 3. The van der Waals surface area contributed by atoms with Crippen molar-refractivity contribution in [3.8, 4) is 45.7 Å². The summed E-state index contributed by atoms with van der Waals surface area (Å²) in [5.41, 5.74) is 22.5. The first-order chi connectivity index (χ1) is 42.3. The lowest BCUT2D eigenvalue weighted by Gasteiger charge is -2.20. The predicted molar refractivity (Wildman–Crippen MR) is 333 cm³/mol. The van der Waals surface area contributed by atoms with E-state index in [1.807, 2.05) is 80.8 Å². The topological polar surface area (TPSA) is 293 Å². The third kappa shape index (κ3) is 14.4. The Bertz CT molecular complexity index is 4180. The molecule has 0 bridgehead atoms. The number of amides is 1. The number of fused-ring (bicyclic) bond motifs is 2. The largest absolute Gasteiger partial charge is 0.478 e. The number of hydrogen-bond donors (Lipinski definition) is 5. The van der Waals surface area contributed by atoms with Crippen LogP contribution in [0.1, 0.15) is 12.8 Å². The van der Waals surface area contributed by atoms with Gasteiger partial charge in [0.2, 0.25) is 5.91 Å². The highest BCUT2D eigenvalue weighted by Crippen LogP contribution is 2.29. The summed E-state index contributed by atoms with van der Waals surface area (Å²) in [5, 5.41) is 11.2. The molecule has 8 N–H and O–H groups in total. The molecule has 2 aliphatic heterocycles. The van der Waals surface area contributed by atoms with Crippen molar-refractivity contribution in [1.29, 1.82) is 0 Å². The van der Waals surface area contributed by atoms with Crippen LogP contribution in [0.25, 0.3) is 45.1 Å². The maximum absolute atomic E-state index is 13.9. The van der Waals surface area contributed by atoms with Crippen molar-refractivity contribution < 1.29 is 33.6 Å². The number of nitrogens with one attached hydrogen (secondary N) is 1.